The summed E-state index contributed by atoms with van der Waals surface area (Å²) >= 11 is 0. The van der Waals surface area contributed by atoms with Crippen LogP contribution in [0.25, 0.3) is 0 Å². The number of amides is 1. The van der Waals surface area contributed by atoms with Crippen molar-refractivity contribution in [3.63, 3.8) is 0 Å². The lowest BCUT2D eigenvalue weighted by Crippen LogP contribution is -2.31. The monoisotopic (exact) mass is 388 g/mol. The molecule has 0 aliphatic carbocycles. The first-order chi connectivity index (χ1) is 12.7. The van der Waals surface area contributed by atoms with Crippen LogP contribution in [0.2, 0.25) is 0 Å². The first-order valence-electron chi connectivity index (χ1n) is 9.11. The van der Waals surface area contributed by atoms with Gasteiger partial charge in [-0.15, -0.1) is 0 Å². The lowest BCUT2D eigenvalue weighted by molar-refractivity contribution is -0.116. The summed E-state index contributed by atoms with van der Waals surface area (Å²) < 4.78 is 25.6. The Hall–Kier alpha value is -2.34. The number of anilines is 2. The van der Waals surface area contributed by atoms with E-state index in [-0.39, 0.29) is 18.9 Å². The van der Waals surface area contributed by atoms with Gasteiger partial charge in [-0.05, 0) is 54.7 Å². The normalized spacial score (nSPS) is 11.4. The van der Waals surface area contributed by atoms with Crippen molar-refractivity contribution in [1.82, 2.24) is 0 Å². The highest BCUT2D eigenvalue weighted by atomic mass is 32.2. The van der Waals surface area contributed by atoms with Crippen molar-refractivity contribution in [2.24, 2.45) is 0 Å². The van der Waals surface area contributed by atoms with Gasteiger partial charge in [0.1, 0.15) is 0 Å². The van der Waals surface area contributed by atoms with E-state index in [1.807, 2.05) is 49.4 Å². The first kappa shape index (κ1) is 21.0. The third kappa shape index (κ3) is 6.40. The molecule has 0 aliphatic heterocycles. The van der Waals surface area contributed by atoms with Crippen molar-refractivity contribution >= 4 is 27.3 Å². The summed E-state index contributed by atoms with van der Waals surface area (Å²) in [4.78, 5) is 12.2. The van der Waals surface area contributed by atoms with Crippen LogP contribution in [0.1, 0.15) is 43.7 Å². The molecule has 0 aromatic heterocycles. The number of hydrogen-bond donors (Lipinski definition) is 1. The van der Waals surface area contributed by atoms with E-state index in [2.05, 4.69) is 19.2 Å². The van der Waals surface area contributed by atoms with Gasteiger partial charge < -0.3 is 5.32 Å². The van der Waals surface area contributed by atoms with Crippen LogP contribution in [0, 0.1) is 6.92 Å². The van der Waals surface area contributed by atoms with Crippen LogP contribution in [-0.2, 0) is 14.8 Å². The number of rotatable bonds is 8. The van der Waals surface area contributed by atoms with Crippen molar-refractivity contribution in [3.05, 3.63) is 59.7 Å². The predicted octanol–water partition coefficient (Wildman–Crippen LogP) is 4.30. The largest absolute Gasteiger partial charge is 0.326 e. The van der Waals surface area contributed by atoms with Crippen molar-refractivity contribution in [1.29, 1.82) is 0 Å². The average Bonchev–Trinajstić information content (AvgIpc) is 2.58. The molecule has 2 aromatic rings. The SMILES string of the molecule is Cc1cccc(N(CCCC(=O)Nc2ccc(C(C)C)cc2)S(C)(=O)=O)c1. The van der Waals surface area contributed by atoms with Gasteiger partial charge in [-0.1, -0.05) is 38.1 Å². The quantitative estimate of drug-likeness (QED) is 0.733. The van der Waals surface area contributed by atoms with E-state index in [1.165, 1.54) is 16.1 Å². The number of nitrogens with one attached hydrogen (secondary N) is 1. The molecule has 0 bridgehead atoms. The van der Waals surface area contributed by atoms with E-state index < -0.39 is 10.0 Å². The average molecular weight is 389 g/mol. The van der Waals surface area contributed by atoms with Gasteiger partial charge in [0, 0.05) is 18.7 Å². The Balaban J connectivity index is 1.93. The predicted molar refractivity (Wildman–Crippen MR) is 112 cm³/mol. The topological polar surface area (TPSA) is 66.5 Å². The molecule has 27 heavy (non-hydrogen) atoms. The number of carbonyl (C=O) groups is 1. The zero-order valence-electron chi connectivity index (χ0n) is 16.4. The number of aryl methyl sites for hydroxylation is 1. The third-order valence-electron chi connectivity index (χ3n) is 4.32. The molecule has 0 unspecified atom stereocenters. The van der Waals surface area contributed by atoms with Gasteiger partial charge in [0.25, 0.3) is 0 Å². The summed E-state index contributed by atoms with van der Waals surface area (Å²) in [5.41, 5.74) is 3.59. The number of benzene rings is 2. The fraction of sp³-hybridized carbons (Fsp3) is 0.381. The molecule has 0 saturated heterocycles. The molecule has 2 rings (SSSR count). The molecule has 0 radical (unpaired) electrons. The Labute approximate surface area is 162 Å². The summed E-state index contributed by atoms with van der Waals surface area (Å²) in [5.74, 6) is 0.323. The number of sulfonamides is 1. The molecule has 0 atom stereocenters. The van der Waals surface area contributed by atoms with E-state index in [9.17, 15) is 13.2 Å². The van der Waals surface area contributed by atoms with Gasteiger partial charge in [0.2, 0.25) is 15.9 Å². The minimum absolute atomic E-state index is 0.120. The van der Waals surface area contributed by atoms with Crippen LogP contribution < -0.4 is 9.62 Å². The molecule has 146 valence electrons. The highest BCUT2D eigenvalue weighted by Gasteiger charge is 2.17. The van der Waals surface area contributed by atoms with Crippen LogP contribution in [0.3, 0.4) is 0 Å². The number of hydrogen-bond acceptors (Lipinski definition) is 3. The van der Waals surface area contributed by atoms with E-state index >= 15 is 0 Å². The molecule has 1 N–H and O–H groups in total. The fourth-order valence-corrected chi connectivity index (χ4v) is 3.78. The van der Waals surface area contributed by atoms with E-state index in [0.717, 1.165) is 11.3 Å². The Morgan fingerprint density at radius 1 is 1.11 bits per heavy atom. The molecular weight excluding hydrogens is 360 g/mol. The Morgan fingerprint density at radius 2 is 1.78 bits per heavy atom. The second-order valence-electron chi connectivity index (χ2n) is 7.10. The summed E-state index contributed by atoms with van der Waals surface area (Å²) in [5, 5.41) is 2.86. The summed E-state index contributed by atoms with van der Waals surface area (Å²) in [6.45, 7) is 6.43. The van der Waals surface area contributed by atoms with Gasteiger partial charge in [-0.3, -0.25) is 9.10 Å². The smallest absolute Gasteiger partial charge is 0.232 e. The van der Waals surface area contributed by atoms with Gasteiger partial charge in [0.15, 0.2) is 0 Å². The van der Waals surface area contributed by atoms with E-state index in [1.54, 1.807) is 6.07 Å². The summed E-state index contributed by atoms with van der Waals surface area (Å²) in [7, 11) is -3.40. The second-order valence-corrected chi connectivity index (χ2v) is 9.01. The van der Waals surface area contributed by atoms with E-state index in [4.69, 9.17) is 0 Å². The first-order valence-corrected chi connectivity index (χ1v) is 11.0. The van der Waals surface area contributed by atoms with Crippen LogP contribution >= 0.6 is 0 Å². The maximum atomic E-state index is 12.2. The Kier molecular flexibility index (Phi) is 7.02. The van der Waals surface area contributed by atoms with Crippen LogP contribution in [-0.4, -0.2) is 27.1 Å². The lowest BCUT2D eigenvalue weighted by Gasteiger charge is -2.22. The molecule has 0 spiro atoms. The second kappa shape index (κ2) is 9.04. The highest BCUT2D eigenvalue weighted by molar-refractivity contribution is 7.92. The Bertz CT molecular complexity index is 875. The fourth-order valence-electron chi connectivity index (χ4n) is 2.83. The van der Waals surface area contributed by atoms with Crippen LogP contribution in [0.15, 0.2) is 48.5 Å². The van der Waals surface area contributed by atoms with Crippen molar-refractivity contribution in [2.75, 3.05) is 22.4 Å². The molecule has 0 heterocycles. The lowest BCUT2D eigenvalue weighted by atomic mass is 10.0. The maximum absolute atomic E-state index is 12.2. The maximum Gasteiger partial charge on any atom is 0.232 e. The van der Waals surface area contributed by atoms with Gasteiger partial charge in [0.05, 0.1) is 11.9 Å². The summed E-state index contributed by atoms with van der Waals surface area (Å²) in [6, 6.07) is 15.1. The van der Waals surface area contributed by atoms with Crippen LogP contribution in [0.5, 0.6) is 0 Å². The molecule has 1 amide bonds. The van der Waals surface area contributed by atoms with Gasteiger partial charge in [-0.2, -0.15) is 0 Å². The standard InChI is InChI=1S/C21H28N2O3S/c1-16(2)18-10-12-19(13-11-18)22-21(24)9-6-14-23(27(4,25)26)20-8-5-7-17(3)15-20/h5,7-8,10-13,15-16H,6,9,14H2,1-4H3,(H,22,24). The molecule has 2 aromatic carbocycles. The number of carbonyl (C=O) groups excluding carboxylic acids is 1. The van der Waals surface area contributed by atoms with Gasteiger partial charge >= 0.3 is 0 Å². The van der Waals surface area contributed by atoms with Crippen molar-refractivity contribution in [2.45, 2.75) is 39.5 Å². The summed E-state index contributed by atoms with van der Waals surface area (Å²) in [6.07, 6.45) is 1.88. The van der Waals surface area contributed by atoms with Crippen LogP contribution in [0.4, 0.5) is 11.4 Å². The molecule has 0 saturated carbocycles. The molecule has 6 heteroatoms. The molecule has 0 fully saturated rings. The van der Waals surface area contributed by atoms with Crippen molar-refractivity contribution < 1.29 is 13.2 Å². The minimum atomic E-state index is -3.40. The minimum Gasteiger partial charge on any atom is -0.326 e. The van der Waals surface area contributed by atoms with Crippen molar-refractivity contribution in [3.8, 4) is 0 Å². The molecular formula is C21H28N2O3S. The highest BCUT2D eigenvalue weighted by Crippen LogP contribution is 2.20. The number of nitrogens with zero attached hydrogens (tertiary/aromatic N) is 1. The Morgan fingerprint density at radius 3 is 2.33 bits per heavy atom. The van der Waals surface area contributed by atoms with E-state index in [0.29, 0.717) is 18.0 Å². The molecule has 5 nitrogen and oxygen atoms in total. The molecule has 0 aliphatic rings. The zero-order valence-corrected chi connectivity index (χ0v) is 17.2. The zero-order chi connectivity index (χ0) is 20.0. The third-order valence-corrected chi connectivity index (χ3v) is 5.51. The van der Waals surface area contributed by atoms with Gasteiger partial charge in [-0.25, -0.2) is 8.42 Å².